The van der Waals surface area contributed by atoms with Crippen LogP contribution < -0.4 is 0 Å². The summed E-state index contributed by atoms with van der Waals surface area (Å²) in [5, 5.41) is 1.35. The van der Waals surface area contributed by atoms with Gasteiger partial charge in [0.1, 0.15) is 0 Å². The first-order valence-electron chi connectivity index (χ1n) is 5.51. The van der Waals surface area contributed by atoms with Crippen LogP contribution in [-0.2, 0) is 15.2 Å². The van der Waals surface area contributed by atoms with E-state index in [0.717, 1.165) is 0 Å². The van der Waals surface area contributed by atoms with Crippen molar-refractivity contribution in [2.24, 2.45) is 0 Å². The molecule has 5 heteroatoms. The molecule has 0 aliphatic rings. The summed E-state index contributed by atoms with van der Waals surface area (Å²) in [7, 11) is 14.9. The van der Waals surface area contributed by atoms with Gasteiger partial charge in [0.2, 0.25) is 0 Å². The first-order valence-corrected chi connectivity index (χ1v) is 14.9. The molecule has 0 aromatic carbocycles. The molecule has 0 saturated carbocycles. The topological polar surface area (TPSA) is 0 Å². The minimum atomic E-state index is -1.79. The molecule has 0 fully saturated rings. The Bertz CT molecular complexity index is 175. The van der Waals surface area contributed by atoms with Crippen molar-refractivity contribution in [2.75, 3.05) is 0 Å². The molecule has 0 N–H and O–H groups in total. The van der Waals surface area contributed by atoms with E-state index in [1.54, 1.807) is 0 Å². The molecule has 0 nitrogen and oxygen atoms in total. The summed E-state index contributed by atoms with van der Waals surface area (Å²) in [5.74, 6) is 0. The Morgan fingerprint density at radius 1 is 0.588 bits per heavy atom. The third kappa shape index (κ3) is 11.6. The summed E-state index contributed by atoms with van der Waals surface area (Å²) >= 11 is -1.79. The Morgan fingerprint density at radius 2 is 0.706 bits per heavy atom. The summed E-state index contributed by atoms with van der Waals surface area (Å²) in [6.07, 6.45) is 0. The average Bonchev–Trinajstić information content (AvgIpc) is 1.69. The van der Waals surface area contributed by atoms with Crippen LogP contribution in [0.15, 0.2) is 0 Å². The van der Waals surface area contributed by atoms with Crippen LogP contribution >= 0.6 is 35.5 Å². The molecule has 0 bridgehead atoms. The molecule has 0 aromatic rings. The summed E-state index contributed by atoms with van der Waals surface area (Å²) < 4.78 is 0. The zero-order valence-corrected chi connectivity index (χ0v) is 17.7. The zero-order valence-electron chi connectivity index (χ0n) is 12.4. The van der Waals surface area contributed by atoms with Gasteiger partial charge in [0, 0.05) is 0 Å². The SMILES string of the molecule is CC(C)(C)P(C(C)(C)C)C(C)(C)C.[Cl][Au]([Cl])[Cl]. The van der Waals surface area contributed by atoms with Crippen LogP contribution in [0, 0.1) is 0 Å². The number of hydrogen-bond donors (Lipinski definition) is 0. The van der Waals surface area contributed by atoms with E-state index in [9.17, 15) is 0 Å². The fourth-order valence-electron chi connectivity index (χ4n) is 3.02. The van der Waals surface area contributed by atoms with Gasteiger partial charge in [-0.2, -0.15) is 0 Å². The van der Waals surface area contributed by atoms with Gasteiger partial charge in [-0.1, -0.05) is 70.2 Å². The molecule has 0 atom stereocenters. The van der Waals surface area contributed by atoms with Crippen molar-refractivity contribution >= 4 is 35.5 Å². The molecule has 17 heavy (non-hydrogen) atoms. The third-order valence-electron chi connectivity index (χ3n) is 2.01. The number of halogens is 3. The van der Waals surface area contributed by atoms with E-state index in [2.05, 4.69) is 62.3 Å². The van der Waals surface area contributed by atoms with Crippen LogP contribution in [0.4, 0.5) is 0 Å². The Hall–Kier alpha value is 2.04. The van der Waals surface area contributed by atoms with Gasteiger partial charge in [-0.25, -0.2) is 0 Å². The van der Waals surface area contributed by atoms with Gasteiger partial charge in [0.05, 0.1) is 0 Å². The number of hydrogen-bond acceptors (Lipinski definition) is 0. The van der Waals surface area contributed by atoms with Crippen molar-refractivity contribution in [3.8, 4) is 0 Å². The van der Waals surface area contributed by atoms with Crippen molar-refractivity contribution in [1.29, 1.82) is 0 Å². The Balaban J connectivity index is 0. The van der Waals surface area contributed by atoms with Gasteiger partial charge in [0.15, 0.2) is 0 Å². The van der Waals surface area contributed by atoms with Crippen LogP contribution in [0.3, 0.4) is 0 Å². The quantitative estimate of drug-likeness (QED) is 0.247. The summed E-state index contributed by atoms with van der Waals surface area (Å²) in [4.78, 5) is 0. The summed E-state index contributed by atoms with van der Waals surface area (Å²) in [5.41, 5.74) is 0. The molecule has 112 valence electrons. The molecule has 0 spiro atoms. The van der Waals surface area contributed by atoms with Crippen LogP contribution in [0.2, 0.25) is 0 Å². The van der Waals surface area contributed by atoms with E-state index < -0.39 is 15.2 Å². The second kappa shape index (κ2) is 7.73. The van der Waals surface area contributed by atoms with Gasteiger partial charge in [-0.3, -0.25) is 0 Å². The van der Waals surface area contributed by atoms with Crippen LogP contribution in [0.5, 0.6) is 0 Å². The maximum absolute atomic E-state index is 4.95. The standard InChI is InChI=1S/C12H27P.Au.3ClH/c1-10(2,3)13(11(4,5)6)12(7,8)9;;;;/h1-9H3;;3*1H/q;+3;;;/p-3. The molecule has 0 aromatic heterocycles. The van der Waals surface area contributed by atoms with E-state index >= 15 is 0 Å². The van der Waals surface area contributed by atoms with Gasteiger partial charge < -0.3 is 0 Å². The normalized spacial score (nSPS) is 14.3. The molecule has 0 heterocycles. The number of rotatable bonds is 0. The predicted octanol–water partition coefficient (Wildman–Crippen LogP) is 6.93. The first-order chi connectivity index (χ1) is 7.10. The van der Waals surface area contributed by atoms with Crippen molar-refractivity contribution in [3.63, 3.8) is 0 Å². The molecule has 0 unspecified atom stereocenters. The van der Waals surface area contributed by atoms with Crippen LogP contribution in [-0.4, -0.2) is 15.5 Å². The predicted molar refractivity (Wildman–Crippen MR) is 83.7 cm³/mol. The van der Waals surface area contributed by atoms with Crippen LogP contribution in [0.1, 0.15) is 62.3 Å². The van der Waals surface area contributed by atoms with E-state index in [1.807, 2.05) is 0 Å². The van der Waals surface area contributed by atoms with Crippen LogP contribution in [0.25, 0.3) is 0 Å². The molecule has 0 aliphatic heterocycles. The van der Waals surface area contributed by atoms with E-state index in [0.29, 0.717) is 15.5 Å². The minimum absolute atomic E-state index is 0.0162. The van der Waals surface area contributed by atoms with Crippen molar-refractivity contribution in [3.05, 3.63) is 0 Å². The van der Waals surface area contributed by atoms with Gasteiger partial charge >= 0.3 is 42.8 Å². The molecule has 0 amide bonds. The van der Waals surface area contributed by atoms with Crippen molar-refractivity contribution in [1.82, 2.24) is 0 Å². The van der Waals surface area contributed by atoms with E-state index in [4.69, 9.17) is 27.6 Å². The van der Waals surface area contributed by atoms with E-state index in [1.165, 1.54) is 0 Å². The maximum atomic E-state index is 4.95. The fraction of sp³-hybridized carbons (Fsp3) is 1.00. The molecule has 0 radical (unpaired) electrons. The van der Waals surface area contributed by atoms with Crippen molar-refractivity contribution < 1.29 is 15.2 Å². The molecule has 0 rings (SSSR count). The second-order valence-corrected chi connectivity index (χ2v) is 21.1. The van der Waals surface area contributed by atoms with E-state index in [-0.39, 0.29) is 7.92 Å². The molecule has 0 saturated heterocycles. The zero-order chi connectivity index (χ0) is 14.7. The summed E-state index contributed by atoms with van der Waals surface area (Å²) in [6.45, 7) is 21.5. The molecular formula is C12H27AuCl3P. The van der Waals surface area contributed by atoms with Crippen molar-refractivity contribution in [2.45, 2.75) is 77.8 Å². The van der Waals surface area contributed by atoms with Gasteiger partial charge in [-0.05, 0) is 15.5 Å². The van der Waals surface area contributed by atoms with Gasteiger partial charge in [0.25, 0.3) is 0 Å². The van der Waals surface area contributed by atoms with Gasteiger partial charge in [-0.15, -0.1) is 0 Å². The fourth-order valence-corrected chi connectivity index (χ4v) is 9.06. The second-order valence-electron chi connectivity index (χ2n) is 6.98. The third-order valence-corrected chi connectivity index (χ3v) is 6.04. The summed E-state index contributed by atoms with van der Waals surface area (Å²) in [6, 6.07) is 0. The first kappa shape index (κ1) is 21.3. The Labute approximate surface area is 128 Å². The monoisotopic (exact) mass is 504 g/mol. The average molecular weight is 506 g/mol. The molecule has 0 aliphatic carbocycles. The Kier molecular flexibility index (Phi) is 9.70. The Morgan fingerprint density at radius 3 is 0.706 bits per heavy atom. The molecular weight excluding hydrogens is 478 g/mol.